The fourth-order valence-electron chi connectivity index (χ4n) is 1.26. The van der Waals surface area contributed by atoms with Gasteiger partial charge in [-0.3, -0.25) is 4.79 Å². The average Bonchev–Trinajstić information content (AvgIpc) is 2.14. The van der Waals surface area contributed by atoms with Crippen LogP contribution < -0.4 is 5.32 Å². The van der Waals surface area contributed by atoms with Crippen LogP contribution in [0.5, 0.6) is 0 Å². The lowest BCUT2D eigenvalue weighted by molar-refractivity contribution is -0.119. The molecule has 0 aromatic heterocycles. The molecule has 1 aromatic rings. The Hall–Kier alpha value is -1.82. The van der Waals surface area contributed by atoms with Gasteiger partial charge in [0.15, 0.2) is 0 Å². The van der Waals surface area contributed by atoms with Gasteiger partial charge in [-0.1, -0.05) is 18.2 Å². The molecule has 0 aliphatic heterocycles. The van der Waals surface area contributed by atoms with Crippen LogP contribution >= 0.6 is 0 Å². The molecule has 14 heavy (non-hydrogen) atoms. The molecule has 0 spiro atoms. The number of hydrogen-bond acceptors (Lipinski definition) is 2. The van der Waals surface area contributed by atoms with Crippen molar-refractivity contribution in [1.82, 2.24) is 5.32 Å². The molecule has 0 saturated carbocycles. The van der Waals surface area contributed by atoms with Crippen molar-refractivity contribution in [3.8, 4) is 6.07 Å². The number of carbonyl (C=O) groups is 1. The summed E-state index contributed by atoms with van der Waals surface area (Å²) in [5.41, 5.74) is 2.46. The van der Waals surface area contributed by atoms with Crippen LogP contribution in [0, 0.1) is 18.3 Å². The van der Waals surface area contributed by atoms with Gasteiger partial charge in [-0.2, -0.15) is 5.26 Å². The normalized spacial score (nSPS) is 9.21. The van der Waals surface area contributed by atoms with E-state index in [9.17, 15) is 4.79 Å². The van der Waals surface area contributed by atoms with Crippen molar-refractivity contribution < 1.29 is 4.79 Å². The second kappa shape index (κ2) is 4.43. The number of amides is 1. The molecule has 0 aliphatic carbocycles. The number of benzene rings is 1. The van der Waals surface area contributed by atoms with Gasteiger partial charge in [0, 0.05) is 13.5 Å². The molecule has 0 radical (unpaired) electrons. The number of nitriles is 1. The average molecular weight is 188 g/mol. The molecule has 72 valence electrons. The molecule has 3 heteroatoms. The summed E-state index contributed by atoms with van der Waals surface area (Å²) in [6.45, 7) is 3.76. The number of nitrogens with zero attached hydrogens (tertiary/aromatic N) is 1. The molecule has 3 nitrogen and oxygen atoms in total. The van der Waals surface area contributed by atoms with Crippen molar-refractivity contribution in [2.75, 3.05) is 0 Å². The van der Waals surface area contributed by atoms with Crippen LogP contribution in [0.15, 0.2) is 18.2 Å². The van der Waals surface area contributed by atoms with E-state index in [1.165, 1.54) is 6.92 Å². The Balaban J connectivity index is 2.92. The van der Waals surface area contributed by atoms with Gasteiger partial charge in [-0.05, 0) is 18.1 Å². The highest BCUT2D eigenvalue weighted by molar-refractivity contribution is 5.72. The lowest BCUT2D eigenvalue weighted by Gasteiger charge is -2.06. The van der Waals surface area contributed by atoms with Crippen LogP contribution in [-0.2, 0) is 11.3 Å². The van der Waals surface area contributed by atoms with E-state index < -0.39 is 0 Å². The molecule has 1 N–H and O–H groups in total. The number of aryl methyl sites for hydroxylation is 1. The summed E-state index contributed by atoms with van der Waals surface area (Å²) in [7, 11) is 0. The summed E-state index contributed by atoms with van der Waals surface area (Å²) in [6.07, 6.45) is 0. The zero-order chi connectivity index (χ0) is 10.6. The molecule has 1 aromatic carbocycles. The fourth-order valence-corrected chi connectivity index (χ4v) is 1.26. The Kier molecular flexibility index (Phi) is 3.24. The highest BCUT2D eigenvalue weighted by atomic mass is 16.1. The molecule has 0 saturated heterocycles. The largest absolute Gasteiger partial charge is 0.352 e. The number of rotatable bonds is 2. The van der Waals surface area contributed by atoms with Crippen LogP contribution in [0.3, 0.4) is 0 Å². The van der Waals surface area contributed by atoms with Gasteiger partial charge in [-0.25, -0.2) is 0 Å². The first-order valence-electron chi connectivity index (χ1n) is 4.38. The zero-order valence-electron chi connectivity index (χ0n) is 8.29. The Morgan fingerprint density at radius 3 is 2.86 bits per heavy atom. The molecule has 0 heterocycles. The van der Waals surface area contributed by atoms with E-state index in [0.717, 1.165) is 11.1 Å². The first-order chi connectivity index (χ1) is 6.65. The highest BCUT2D eigenvalue weighted by Crippen LogP contribution is 2.12. The summed E-state index contributed by atoms with van der Waals surface area (Å²) in [5.74, 6) is -0.0876. The van der Waals surface area contributed by atoms with E-state index >= 15 is 0 Å². The smallest absolute Gasteiger partial charge is 0.217 e. The Bertz CT molecular complexity index is 391. The number of carbonyl (C=O) groups excluding carboxylic acids is 1. The zero-order valence-corrected chi connectivity index (χ0v) is 8.29. The van der Waals surface area contributed by atoms with E-state index in [4.69, 9.17) is 5.26 Å². The minimum atomic E-state index is -0.0876. The Morgan fingerprint density at radius 1 is 1.57 bits per heavy atom. The maximum Gasteiger partial charge on any atom is 0.217 e. The molecule has 0 bridgehead atoms. The fraction of sp³-hybridized carbons (Fsp3) is 0.273. The second-order valence-electron chi connectivity index (χ2n) is 3.13. The van der Waals surface area contributed by atoms with Crippen LogP contribution in [0.1, 0.15) is 23.6 Å². The van der Waals surface area contributed by atoms with E-state index in [1.807, 2.05) is 25.1 Å². The third-order valence-electron chi connectivity index (χ3n) is 2.00. The number of nitrogens with one attached hydrogen (secondary N) is 1. The highest BCUT2D eigenvalue weighted by Gasteiger charge is 2.04. The minimum Gasteiger partial charge on any atom is -0.352 e. The van der Waals surface area contributed by atoms with Crippen molar-refractivity contribution in [2.24, 2.45) is 0 Å². The summed E-state index contributed by atoms with van der Waals surface area (Å²) >= 11 is 0. The lowest BCUT2D eigenvalue weighted by Crippen LogP contribution is -2.19. The molecular formula is C11H12N2O. The topological polar surface area (TPSA) is 52.9 Å². The van der Waals surface area contributed by atoms with Crippen molar-refractivity contribution in [3.63, 3.8) is 0 Å². The molecule has 0 unspecified atom stereocenters. The second-order valence-corrected chi connectivity index (χ2v) is 3.13. The molecule has 0 atom stereocenters. The summed E-state index contributed by atoms with van der Waals surface area (Å²) < 4.78 is 0. The van der Waals surface area contributed by atoms with Gasteiger partial charge in [0.05, 0.1) is 11.6 Å². The van der Waals surface area contributed by atoms with E-state index in [2.05, 4.69) is 11.4 Å². The van der Waals surface area contributed by atoms with Crippen molar-refractivity contribution in [1.29, 1.82) is 5.26 Å². The van der Waals surface area contributed by atoms with Crippen LogP contribution in [-0.4, -0.2) is 5.91 Å². The molecule has 1 rings (SSSR count). The van der Waals surface area contributed by atoms with E-state index in [1.54, 1.807) is 0 Å². The van der Waals surface area contributed by atoms with Gasteiger partial charge < -0.3 is 5.32 Å². The SMILES string of the molecule is CC(=O)NCc1cccc(C)c1C#N. The maximum atomic E-state index is 10.7. The molecular weight excluding hydrogens is 176 g/mol. The summed E-state index contributed by atoms with van der Waals surface area (Å²) in [6, 6.07) is 7.75. The summed E-state index contributed by atoms with van der Waals surface area (Å²) in [5, 5.41) is 11.6. The van der Waals surface area contributed by atoms with E-state index in [0.29, 0.717) is 12.1 Å². The Labute approximate surface area is 83.4 Å². The van der Waals surface area contributed by atoms with Gasteiger partial charge in [0.25, 0.3) is 0 Å². The lowest BCUT2D eigenvalue weighted by atomic mass is 10.0. The number of hydrogen-bond donors (Lipinski definition) is 1. The quantitative estimate of drug-likeness (QED) is 0.764. The monoisotopic (exact) mass is 188 g/mol. The van der Waals surface area contributed by atoms with E-state index in [-0.39, 0.29) is 5.91 Å². The Morgan fingerprint density at radius 2 is 2.29 bits per heavy atom. The predicted octanol–water partition coefficient (Wildman–Crippen LogP) is 1.50. The van der Waals surface area contributed by atoms with Gasteiger partial charge in [-0.15, -0.1) is 0 Å². The predicted molar refractivity (Wildman–Crippen MR) is 53.4 cm³/mol. The third-order valence-corrected chi connectivity index (χ3v) is 2.00. The van der Waals surface area contributed by atoms with Crippen molar-refractivity contribution in [2.45, 2.75) is 20.4 Å². The van der Waals surface area contributed by atoms with Crippen LogP contribution in [0.2, 0.25) is 0 Å². The molecule has 0 fully saturated rings. The minimum absolute atomic E-state index is 0.0876. The van der Waals surface area contributed by atoms with Gasteiger partial charge >= 0.3 is 0 Å². The molecule has 0 aliphatic rings. The van der Waals surface area contributed by atoms with Gasteiger partial charge in [0.1, 0.15) is 0 Å². The van der Waals surface area contributed by atoms with Crippen LogP contribution in [0.25, 0.3) is 0 Å². The maximum absolute atomic E-state index is 10.7. The van der Waals surface area contributed by atoms with Crippen molar-refractivity contribution in [3.05, 3.63) is 34.9 Å². The molecule has 1 amide bonds. The standard InChI is InChI=1S/C11H12N2O/c1-8-4-3-5-10(11(8)6-12)7-13-9(2)14/h3-5H,7H2,1-2H3,(H,13,14). The van der Waals surface area contributed by atoms with Gasteiger partial charge in [0.2, 0.25) is 5.91 Å². The third kappa shape index (κ3) is 2.33. The van der Waals surface area contributed by atoms with Crippen molar-refractivity contribution >= 4 is 5.91 Å². The first kappa shape index (κ1) is 10.3. The van der Waals surface area contributed by atoms with Crippen LogP contribution in [0.4, 0.5) is 0 Å². The first-order valence-corrected chi connectivity index (χ1v) is 4.38. The summed E-state index contributed by atoms with van der Waals surface area (Å²) in [4.78, 5) is 10.7.